The van der Waals surface area contributed by atoms with Crippen LogP contribution in [0.3, 0.4) is 0 Å². The molecule has 1 aromatic carbocycles. The summed E-state index contributed by atoms with van der Waals surface area (Å²) in [4.78, 5) is 34.3. The number of piperidine rings is 1. The van der Waals surface area contributed by atoms with Crippen LogP contribution in [-0.4, -0.2) is 32.2 Å². The number of nitrogens with one attached hydrogen (secondary N) is 1. The van der Waals surface area contributed by atoms with Crippen molar-refractivity contribution in [2.75, 3.05) is 18.0 Å². The average Bonchev–Trinajstić information content (AvgIpc) is 3.07. The molecule has 0 radical (unpaired) electrons. The van der Waals surface area contributed by atoms with Crippen LogP contribution in [0.1, 0.15) is 32.3 Å². The summed E-state index contributed by atoms with van der Waals surface area (Å²) in [5, 5.41) is 0. The van der Waals surface area contributed by atoms with Gasteiger partial charge in [0.2, 0.25) is 5.95 Å². The number of aromatic nitrogens is 4. The van der Waals surface area contributed by atoms with Crippen LogP contribution in [-0.2, 0) is 20.0 Å². The highest BCUT2D eigenvalue weighted by molar-refractivity contribution is 5.74. The van der Waals surface area contributed by atoms with Gasteiger partial charge in [-0.1, -0.05) is 44.2 Å². The molecule has 1 N–H and O–H groups in total. The first-order valence-corrected chi connectivity index (χ1v) is 10.4. The van der Waals surface area contributed by atoms with E-state index in [0.29, 0.717) is 29.5 Å². The number of aromatic amines is 1. The molecule has 0 spiro atoms. The number of hydrogen-bond donors (Lipinski definition) is 1. The number of imidazole rings is 1. The summed E-state index contributed by atoms with van der Waals surface area (Å²) in [5.41, 5.74) is 1.43. The number of rotatable bonds is 5. The molecular formula is C22H29N5O2. The van der Waals surface area contributed by atoms with Gasteiger partial charge >= 0.3 is 5.69 Å². The van der Waals surface area contributed by atoms with Crippen molar-refractivity contribution in [3.63, 3.8) is 0 Å². The SMILES string of the molecule is C[C@@H]1C[C@H](C)CN(c2nc3c(c(=O)[nH]c(=O)n3C)n2CCCc2ccccc2)C1. The highest BCUT2D eigenvalue weighted by Gasteiger charge is 2.27. The molecule has 1 aliphatic rings. The van der Waals surface area contributed by atoms with Crippen molar-refractivity contribution >= 4 is 17.1 Å². The van der Waals surface area contributed by atoms with Crippen molar-refractivity contribution in [1.82, 2.24) is 19.1 Å². The summed E-state index contributed by atoms with van der Waals surface area (Å²) in [5.74, 6) is 1.94. The van der Waals surface area contributed by atoms with Gasteiger partial charge in [-0.05, 0) is 36.7 Å². The molecule has 0 saturated carbocycles. The minimum absolute atomic E-state index is 0.361. The molecule has 0 amide bonds. The van der Waals surface area contributed by atoms with Gasteiger partial charge < -0.3 is 9.47 Å². The number of benzene rings is 1. The topological polar surface area (TPSA) is 75.9 Å². The van der Waals surface area contributed by atoms with Crippen molar-refractivity contribution in [1.29, 1.82) is 0 Å². The van der Waals surface area contributed by atoms with Gasteiger partial charge in [0.1, 0.15) is 0 Å². The first-order chi connectivity index (χ1) is 13.9. The number of aryl methyl sites for hydroxylation is 3. The minimum atomic E-state index is -0.427. The van der Waals surface area contributed by atoms with Crippen LogP contribution in [0.25, 0.3) is 11.2 Å². The van der Waals surface area contributed by atoms with E-state index in [1.54, 1.807) is 7.05 Å². The Hall–Kier alpha value is -2.83. The summed E-state index contributed by atoms with van der Waals surface area (Å²) in [7, 11) is 1.66. The Kier molecular flexibility index (Phi) is 5.30. The van der Waals surface area contributed by atoms with Gasteiger partial charge in [-0.25, -0.2) is 4.79 Å². The van der Waals surface area contributed by atoms with E-state index in [0.717, 1.165) is 31.9 Å². The van der Waals surface area contributed by atoms with E-state index in [-0.39, 0.29) is 5.56 Å². The molecule has 1 saturated heterocycles. The summed E-state index contributed by atoms with van der Waals surface area (Å²) in [6.07, 6.45) is 3.02. The van der Waals surface area contributed by atoms with Crippen molar-refractivity contribution < 1.29 is 0 Å². The molecule has 7 heteroatoms. The Labute approximate surface area is 170 Å². The molecule has 2 aromatic heterocycles. The van der Waals surface area contributed by atoms with E-state index in [1.807, 2.05) is 22.8 Å². The van der Waals surface area contributed by atoms with Crippen LogP contribution < -0.4 is 16.1 Å². The maximum Gasteiger partial charge on any atom is 0.329 e. The number of nitrogens with zero attached hydrogens (tertiary/aromatic N) is 4. The lowest BCUT2D eigenvalue weighted by Gasteiger charge is -2.35. The number of hydrogen-bond acceptors (Lipinski definition) is 4. The normalized spacial score (nSPS) is 19.8. The van der Waals surface area contributed by atoms with E-state index < -0.39 is 5.69 Å². The third-order valence-corrected chi connectivity index (χ3v) is 5.83. The van der Waals surface area contributed by atoms with Crippen molar-refractivity contribution in [3.8, 4) is 0 Å². The zero-order valence-electron chi connectivity index (χ0n) is 17.4. The monoisotopic (exact) mass is 395 g/mol. The van der Waals surface area contributed by atoms with Crippen LogP contribution in [0.2, 0.25) is 0 Å². The number of fused-ring (bicyclic) bond motifs is 1. The summed E-state index contributed by atoms with van der Waals surface area (Å²) in [6, 6.07) is 10.4. The lowest BCUT2D eigenvalue weighted by atomic mass is 9.92. The maximum absolute atomic E-state index is 12.7. The third kappa shape index (κ3) is 3.86. The Balaban J connectivity index is 1.74. The minimum Gasteiger partial charge on any atom is -0.342 e. The van der Waals surface area contributed by atoms with Crippen molar-refractivity contribution in [2.45, 2.75) is 39.7 Å². The lowest BCUT2D eigenvalue weighted by Crippen LogP contribution is -2.40. The number of anilines is 1. The van der Waals surface area contributed by atoms with E-state index in [2.05, 4.69) is 35.9 Å². The van der Waals surface area contributed by atoms with Gasteiger partial charge in [0.15, 0.2) is 11.2 Å². The average molecular weight is 396 g/mol. The molecular weight excluding hydrogens is 366 g/mol. The Morgan fingerprint density at radius 1 is 1.10 bits per heavy atom. The molecule has 0 unspecified atom stereocenters. The van der Waals surface area contributed by atoms with Crippen LogP contribution in [0.5, 0.6) is 0 Å². The molecule has 2 atom stereocenters. The van der Waals surface area contributed by atoms with Crippen molar-refractivity contribution in [2.24, 2.45) is 18.9 Å². The molecule has 3 heterocycles. The molecule has 0 bridgehead atoms. The van der Waals surface area contributed by atoms with E-state index in [9.17, 15) is 9.59 Å². The molecule has 29 heavy (non-hydrogen) atoms. The molecule has 1 aliphatic heterocycles. The van der Waals surface area contributed by atoms with Gasteiger partial charge in [0.25, 0.3) is 5.56 Å². The van der Waals surface area contributed by atoms with Gasteiger partial charge in [-0.3, -0.25) is 14.3 Å². The highest BCUT2D eigenvalue weighted by Crippen LogP contribution is 2.28. The van der Waals surface area contributed by atoms with Crippen LogP contribution in [0.4, 0.5) is 5.95 Å². The fraction of sp³-hybridized carbons (Fsp3) is 0.500. The second-order valence-electron chi connectivity index (χ2n) is 8.49. The smallest absolute Gasteiger partial charge is 0.329 e. The van der Waals surface area contributed by atoms with Crippen LogP contribution in [0.15, 0.2) is 39.9 Å². The van der Waals surface area contributed by atoms with Gasteiger partial charge in [-0.15, -0.1) is 0 Å². The Morgan fingerprint density at radius 2 is 1.79 bits per heavy atom. The largest absolute Gasteiger partial charge is 0.342 e. The zero-order valence-corrected chi connectivity index (χ0v) is 17.4. The van der Waals surface area contributed by atoms with Gasteiger partial charge in [0.05, 0.1) is 0 Å². The van der Waals surface area contributed by atoms with E-state index >= 15 is 0 Å². The standard InChI is InChI=1S/C22H29N5O2/c1-15-12-16(2)14-26(13-15)21-23-19-18(20(28)24-22(29)25(19)3)27(21)11-7-10-17-8-5-4-6-9-17/h4-6,8-9,15-16H,7,10-14H2,1-3H3,(H,24,28,29)/t15-,16+. The first-order valence-electron chi connectivity index (χ1n) is 10.4. The van der Waals surface area contributed by atoms with Gasteiger partial charge in [-0.2, -0.15) is 4.98 Å². The van der Waals surface area contributed by atoms with E-state index in [4.69, 9.17) is 4.98 Å². The van der Waals surface area contributed by atoms with E-state index in [1.165, 1.54) is 16.6 Å². The second kappa shape index (κ2) is 7.89. The molecule has 3 aromatic rings. The first kappa shape index (κ1) is 19.5. The van der Waals surface area contributed by atoms with Crippen molar-refractivity contribution in [3.05, 3.63) is 56.7 Å². The molecule has 7 nitrogen and oxygen atoms in total. The number of H-pyrrole nitrogens is 1. The fourth-order valence-corrected chi connectivity index (χ4v) is 4.59. The highest BCUT2D eigenvalue weighted by atomic mass is 16.2. The predicted octanol–water partition coefficient (Wildman–Crippen LogP) is 2.54. The predicted molar refractivity (Wildman–Crippen MR) is 116 cm³/mol. The Morgan fingerprint density at radius 3 is 2.48 bits per heavy atom. The van der Waals surface area contributed by atoms with Crippen LogP contribution >= 0.6 is 0 Å². The molecule has 1 fully saturated rings. The zero-order chi connectivity index (χ0) is 20.5. The van der Waals surface area contributed by atoms with Crippen LogP contribution in [0, 0.1) is 11.8 Å². The lowest BCUT2D eigenvalue weighted by molar-refractivity contribution is 0.351. The molecule has 0 aliphatic carbocycles. The summed E-state index contributed by atoms with van der Waals surface area (Å²) < 4.78 is 3.45. The summed E-state index contributed by atoms with van der Waals surface area (Å²) >= 11 is 0. The maximum atomic E-state index is 12.7. The quantitative estimate of drug-likeness (QED) is 0.720. The third-order valence-electron chi connectivity index (χ3n) is 5.83. The van der Waals surface area contributed by atoms with Gasteiger partial charge in [0, 0.05) is 26.7 Å². The summed E-state index contributed by atoms with van der Waals surface area (Å²) in [6.45, 7) is 7.03. The molecule has 4 rings (SSSR count). The second-order valence-corrected chi connectivity index (χ2v) is 8.49. The Bertz CT molecular complexity index is 1100. The molecule has 154 valence electrons. The fourth-order valence-electron chi connectivity index (χ4n) is 4.59.